The first-order valence-corrected chi connectivity index (χ1v) is 6.00. The molecule has 2 N–H and O–H groups in total. The number of nitrogens with one attached hydrogen (secondary N) is 1. The SMILES string of the molecule is Cc1nc(Nc2ccc(F)c(C#N)c2)sc1C(=O)O. The zero-order chi connectivity index (χ0) is 14.0. The number of hydrogen-bond donors (Lipinski definition) is 2. The van der Waals surface area contributed by atoms with Crippen LogP contribution in [0.2, 0.25) is 0 Å². The summed E-state index contributed by atoms with van der Waals surface area (Å²) in [6.45, 7) is 1.59. The van der Waals surface area contributed by atoms with Crippen molar-refractivity contribution in [3.63, 3.8) is 0 Å². The topological polar surface area (TPSA) is 86.0 Å². The molecule has 0 saturated heterocycles. The molecule has 0 aliphatic carbocycles. The van der Waals surface area contributed by atoms with E-state index in [9.17, 15) is 9.18 Å². The molecule has 96 valence electrons. The third-order valence-electron chi connectivity index (χ3n) is 2.33. The maximum Gasteiger partial charge on any atom is 0.347 e. The van der Waals surface area contributed by atoms with Gasteiger partial charge in [0.1, 0.15) is 16.8 Å². The summed E-state index contributed by atoms with van der Waals surface area (Å²) in [4.78, 5) is 15.1. The average Bonchev–Trinajstić information content (AvgIpc) is 2.73. The molecule has 0 spiro atoms. The molecule has 0 aliphatic heterocycles. The number of anilines is 2. The van der Waals surface area contributed by atoms with E-state index in [0.29, 0.717) is 16.5 Å². The maximum absolute atomic E-state index is 13.1. The molecular weight excluding hydrogens is 269 g/mol. The van der Waals surface area contributed by atoms with Crippen LogP contribution in [0.4, 0.5) is 15.2 Å². The van der Waals surface area contributed by atoms with Crippen LogP contribution in [0, 0.1) is 24.1 Å². The lowest BCUT2D eigenvalue weighted by Gasteiger charge is -2.02. The zero-order valence-electron chi connectivity index (χ0n) is 9.77. The lowest BCUT2D eigenvalue weighted by atomic mass is 10.2. The minimum Gasteiger partial charge on any atom is -0.477 e. The van der Waals surface area contributed by atoms with Gasteiger partial charge in [-0.15, -0.1) is 0 Å². The summed E-state index contributed by atoms with van der Waals surface area (Å²) in [6, 6.07) is 5.69. The van der Waals surface area contributed by atoms with Gasteiger partial charge in [0.15, 0.2) is 5.13 Å². The highest BCUT2D eigenvalue weighted by atomic mass is 32.1. The van der Waals surface area contributed by atoms with Gasteiger partial charge in [-0.3, -0.25) is 0 Å². The number of carboxylic acids is 1. The highest BCUT2D eigenvalue weighted by Gasteiger charge is 2.14. The molecule has 5 nitrogen and oxygen atoms in total. The third-order valence-corrected chi connectivity index (χ3v) is 3.39. The quantitative estimate of drug-likeness (QED) is 0.900. The second-order valence-electron chi connectivity index (χ2n) is 3.67. The van der Waals surface area contributed by atoms with Gasteiger partial charge < -0.3 is 10.4 Å². The number of aromatic carboxylic acids is 1. The molecule has 2 rings (SSSR count). The van der Waals surface area contributed by atoms with Crippen molar-refractivity contribution in [2.45, 2.75) is 6.92 Å². The van der Waals surface area contributed by atoms with Crippen molar-refractivity contribution in [2.75, 3.05) is 5.32 Å². The van der Waals surface area contributed by atoms with Gasteiger partial charge in [0.25, 0.3) is 0 Å². The Morgan fingerprint density at radius 3 is 2.89 bits per heavy atom. The number of nitriles is 1. The summed E-state index contributed by atoms with van der Waals surface area (Å²) >= 11 is 0.982. The van der Waals surface area contributed by atoms with Crippen LogP contribution >= 0.6 is 11.3 Å². The molecule has 2 aromatic rings. The Labute approximate surface area is 112 Å². The predicted molar refractivity (Wildman–Crippen MR) is 68.2 cm³/mol. The van der Waals surface area contributed by atoms with E-state index < -0.39 is 11.8 Å². The Kier molecular flexibility index (Phi) is 3.44. The fourth-order valence-electron chi connectivity index (χ4n) is 1.46. The minimum atomic E-state index is -1.04. The molecule has 0 atom stereocenters. The molecular formula is C12H8FN3O2S. The first-order chi connectivity index (χ1) is 9.01. The molecule has 0 bridgehead atoms. The Morgan fingerprint density at radius 1 is 1.58 bits per heavy atom. The van der Waals surface area contributed by atoms with Gasteiger partial charge in [-0.1, -0.05) is 11.3 Å². The van der Waals surface area contributed by atoms with Crippen LogP contribution in [0.25, 0.3) is 0 Å². The third kappa shape index (κ3) is 2.69. The van der Waals surface area contributed by atoms with Gasteiger partial charge in [-0.25, -0.2) is 14.2 Å². The summed E-state index contributed by atoms with van der Waals surface area (Å²) in [5, 5.41) is 20.9. The first-order valence-electron chi connectivity index (χ1n) is 5.18. The van der Waals surface area contributed by atoms with Crippen LogP contribution in [0.15, 0.2) is 18.2 Å². The molecule has 0 unspecified atom stereocenters. The van der Waals surface area contributed by atoms with Crippen molar-refractivity contribution in [3.8, 4) is 6.07 Å². The average molecular weight is 277 g/mol. The summed E-state index contributed by atoms with van der Waals surface area (Å²) in [5.74, 6) is -1.64. The summed E-state index contributed by atoms with van der Waals surface area (Å²) in [6.07, 6.45) is 0. The van der Waals surface area contributed by atoms with E-state index in [1.807, 2.05) is 0 Å². The first kappa shape index (κ1) is 13.0. The van der Waals surface area contributed by atoms with Crippen molar-refractivity contribution in [2.24, 2.45) is 0 Å². The fourth-order valence-corrected chi connectivity index (χ4v) is 2.29. The van der Waals surface area contributed by atoms with E-state index in [1.165, 1.54) is 18.2 Å². The molecule has 19 heavy (non-hydrogen) atoms. The molecule has 0 amide bonds. The molecule has 1 aromatic heterocycles. The van der Waals surface area contributed by atoms with Crippen LogP contribution in [0.3, 0.4) is 0 Å². The number of thiazole rings is 1. The van der Waals surface area contributed by atoms with Gasteiger partial charge in [-0.2, -0.15) is 5.26 Å². The molecule has 0 radical (unpaired) electrons. The van der Waals surface area contributed by atoms with Crippen molar-refractivity contribution < 1.29 is 14.3 Å². The Hall–Kier alpha value is -2.46. The predicted octanol–water partition coefficient (Wildman–Crippen LogP) is 2.90. The van der Waals surface area contributed by atoms with Crippen molar-refractivity contribution in [1.82, 2.24) is 4.98 Å². The van der Waals surface area contributed by atoms with E-state index in [1.54, 1.807) is 13.0 Å². The number of carbonyl (C=O) groups is 1. The summed E-state index contributed by atoms with van der Waals surface area (Å²) < 4.78 is 13.1. The molecule has 0 fully saturated rings. The summed E-state index contributed by atoms with van der Waals surface area (Å²) in [5.41, 5.74) is 0.794. The number of nitrogens with zero attached hydrogens (tertiary/aromatic N) is 2. The molecule has 1 aromatic carbocycles. The maximum atomic E-state index is 13.1. The van der Waals surface area contributed by atoms with Crippen LogP contribution in [-0.4, -0.2) is 16.1 Å². The second-order valence-corrected chi connectivity index (χ2v) is 4.67. The monoisotopic (exact) mass is 277 g/mol. The molecule has 7 heteroatoms. The number of halogens is 1. The number of hydrogen-bond acceptors (Lipinski definition) is 5. The molecule has 0 aliphatic rings. The van der Waals surface area contributed by atoms with E-state index in [4.69, 9.17) is 10.4 Å². The van der Waals surface area contributed by atoms with Gasteiger partial charge in [0.2, 0.25) is 0 Å². The second kappa shape index (κ2) is 5.04. The normalized spacial score (nSPS) is 9.95. The van der Waals surface area contributed by atoms with Gasteiger partial charge in [-0.05, 0) is 25.1 Å². The Bertz CT molecular complexity index is 691. The van der Waals surface area contributed by atoms with E-state index in [-0.39, 0.29) is 10.4 Å². The van der Waals surface area contributed by atoms with E-state index in [0.717, 1.165) is 11.3 Å². The van der Waals surface area contributed by atoms with Crippen LogP contribution in [0.1, 0.15) is 20.9 Å². The number of carboxylic acid groups (broad SMARTS) is 1. The fraction of sp³-hybridized carbons (Fsp3) is 0.0833. The van der Waals surface area contributed by atoms with Gasteiger partial charge in [0, 0.05) is 5.69 Å². The zero-order valence-corrected chi connectivity index (χ0v) is 10.6. The number of benzene rings is 1. The van der Waals surface area contributed by atoms with Crippen molar-refractivity contribution >= 4 is 28.1 Å². The standard InChI is InChI=1S/C12H8FN3O2S/c1-6-10(11(17)18)19-12(15-6)16-8-2-3-9(13)7(4-8)5-14/h2-4H,1H3,(H,15,16)(H,17,18). The Morgan fingerprint density at radius 2 is 2.32 bits per heavy atom. The van der Waals surface area contributed by atoms with Crippen LogP contribution < -0.4 is 5.32 Å². The lowest BCUT2D eigenvalue weighted by Crippen LogP contribution is -1.94. The van der Waals surface area contributed by atoms with Gasteiger partial charge in [0.05, 0.1) is 11.3 Å². The van der Waals surface area contributed by atoms with E-state index in [2.05, 4.69) is 10.3 Å². The smallest absolute Gasteiger partial charge is 0.347 e. The number of aryl methyl sites for hydroxylation is 1. The lowest BCUT2D eigenvalue weighted by molar-refractivity contribution is 0.0701. The summed E-state index contributed by atoms with van der Waals surface area (Å²) in [7, 11) is 0. The van der Waals surface area contributed by atoms with Crippen molar-refractivity contribution in [3.05, 3.63) is 40.2 Å². The highest BCUT2D eigenvalue weighted by Crippen LogP contribution is 2.26. The highest BCUT2D eigenvalue weighted by molar-refractivity contribution is 7.17. The van der Waals surface area contributed by atoms with Crippen LogP contribution in [-0.2, 0) is 0 Å². The molecule has 0 saturated carbocycles. The largest absolute Gasteiger partial charge is 0.477 e. The number of rotatable bonds is 3. The number of aromatic nitrogens is 1. The van der Waals surface area contributed by atoms with Crippen LogP contribution in [0.5, 0.6) is 0 Å². The molecule has 1 heterocycles. The van der Waals surface area contributed by atoms with E-state index >= 15 is 0 Å². The van der Waals surface area contributed by atoms with Crippen molar-refractivity contribution in [1.29, 1.82) is 5.26 Å². The Balaban J connectivity index is 2.29. The minimum absolute atomic E-state index is 0.0864. The van der Waals surface area contributed by atoms with Gasteiger partial charge >= 0.3 is 5.97 Å².